The van der Waals surface area contributed by atoms with Crippen LogP contribution in [0.2, 0.25) is 0 Å². The Bertz CT molecular complexity index is 852. The second-order valence-corrected chi connectivity index (χ2v) is 8.17. The maximum atomic E-state index is 13.0. The predicted octanol–water partition coefficient (Wildman–Crippen LogP) is 2.31. The van der Waals surface area contributed by atoms with Crippen LogP contribution in [0.25, 0.3) is 11.3 Å². The molecule has 4 rings (SSSR count). The molecule has 1 amide bonds. The van der Waals surface area contributed by atoms with Crippen LogP contribution in [0.15, 0.2) is 30.3 Å². The van der Waals surface area contributed by atoms with E-state index in [2.05, 4.69) is 34.3 Å². The highest BCUT2D eigenvalue weighted by atomic mass is 16.5. The molecule has 0 spiro atoms. The Kier molecular flexibility index (Phi) is 7.23. The Balaban J connectivity index is 0.000000806. The van der Waals surface area contributed by atoms with E-state index in [1.54, 1.807) is 0 Å². The number of H-pyrrole nitrogens is 1. The molecule has 162 valence electrons. The second-order valence-electron chi connectivity index (χ2n) is 8.17. The van der Waals surface area contributed by atoms with E-state index in [1.165, 1.54) is 0 Å². The summed E-state index contributed by atoms with van der Waals surface area (Å²) in [4.78, 5) is 23.9. The third-order valence-corrected chi connectivity index (χ3v) is 5.75. The molecule has 2 saturated heterocycles. The molecule has 0 bridgehead atoms. The molecule has 8 nitrogen and oxygen atoms in total. The minimum absolute atomic E-state index is 0.0497. The Morgan fingerprint density at radius 2 is 2.03 bits per heavy atom. The minimum Gasteiger partial charge on any atom is -0.483 e. The molecule has 1 aromatic carbocycles. The van der Waals surface area contributed by atoms with Crippen LogP contribution in [-0.2, 0) is 9.53 Å². The summed E-state index contributed by atoms with van der Waals surface area (Å²) in [5.41, 5.74) is 3.10. The topological polar surface area (TPSA) is 108 Å². The highest BCUT2D eigenvalue weighted by Crippen LogP contribution is 2.27. The summed E-state index contributed by atoms with van der Waals surface area (Å²) >= 11 is 0. The number of hydrogen-bond acceptors (Lipinski definition) is 5. The standard InChI is InChI=1S/C21H28N4O2.CH2O2/c1-13(2)18-11-25-10-16(9-17(25)12-27-18)22-21(26)19-14(3)23-24-20(19)15-7-5-4-6-8-15;2-1-3/h4-8,13,16-18H,9-12H2,1-3H3,(H,22,26)(H,23,24);1H,(H,2,3)/t16-,17+,18-;/m1./s1. The van der Waals surface area contributed by atoms with Gasteiger partial charge in [-0.15, -0.1) is 0 Å². The van der Waals surface area contributed by atoms with Gasteiger partial charge in [0.1, 0.15) is 5.69 Å². The number of carboxylic acid groups (broad SMARTS) is 1. The highest BCUT2D eigenvalue weighted by Gasteiger charge is 2.39. The van der Waals surface area contributed by atoms with Crippen LogP contribution in [0.4, 0.5) is 0 Å². The fraction of sp³-hybridized carbons (Fsp3) is 0.500. The summed E-state index contributed by atoms with van der Waals surface area (Å²) in [5, 5.41) is 17.5. The maximum absolute atomic E-state index is 13.0. The molecule has 3 heterocycles. The average Bonchev–Trinajstić information content (AvgIpc) is 3.31. The Morgan fingerprint density at radius 1 is 1.33 bits per heavy atom. The number of carbonyl (C=O) groups excluding carboxylic acids is 1. The SMILES string of the molecule is Cc1[nH]nc(-c2ccccc2)c1C(=O)N[C@@H]1C[C@H]2CO[C@@H](C(C)C)CN2C1.O=CO. The lowest BCUT2D eigenvalue weighted by atomic mass is 10.0. The fourth-order valence-electron chi connectivity index (χ4n) is 4.18. The van der Waals surface area contributed by atoms with Gasteiger partial charge >= 0.3 is 0 Å². The smallest absolute Gasteiger partial charge is 0.290 e. The van der Waals surface area contributed by atoms with Gasteiger partial charge in [0.2, 0.25) is 0 Å². The molecule has 8 heteroatoms. The number of rotatable bonds is 4. The first-order valence-electron chi connectivity index (χ1n) is 10.3. The summed E-state index contributed by atoms with van der Waals surface area (Å²) in [7, 11) is 0. The van der Waals surface area contributed by atoms with Crippen molar-refractivity contribution in [1.82, 2.24) is 20.4 Å². The van der Waals surface area contributed by atoms with Crippen LogP contribution < -0.4 is 5.32 Å². The lowest BCUT2D eigenvalue weighted by Gasteiger charge is -2.36. The first-order chi connectivity index (χ1) is 14.4. The van der Waals surface area contributed by atoms with E-state index in [-0.39, 0.29) is 24.5 Å². The van der Waals surface area contributed by atoms with Crippen molar-refractivity contribution in [3.05, 3.63) is 41.6 Å². The van der Waals surface area contributed by atoms with Crippen molar-refractivity contribution in [3.8, 4) is 11.3 Å². The molecular formula is C22H30N4O4. The highest BCUT2D eigenvalue weighted by molar-refractivity contribution is 6.01. The van der Waals surface area contributed by atoms with Gasteiger partial charge in [-0.25, -0.2) is 0 Å². The van der Waals surface area contributed by atoms with Crippen molar-refractivity contribution in [2.24, 2.45) is 5.92 Å². The number of aromatic nitrogens is 2. The van der Waals surface area contributed by atoms with E-state index in [0.29, 0.717) is 23.2 Å². The monoisotopic (exact) mass is 414 g/mol. The maximum Gasteiger partial charge on any atom is 0.290 e. The van der Waals surface area contributed by atoms with Crippen molar-refractivity contribution in [2.75, 3.05) is 19.7 Å². The molecule has 2 fully saturated rings. The number of aromatic amines is 1. The van der Waals surface area contributed by atoms with Gasteiger partial charge in [-0.1, -0.05) is 44.2 Å². The third-order valence-electron chi connectivity index (χ3n) is 5.75. The molecule has 0 unspecified atom stereocenters. The summed E-state index contributed by atoms with van der Waals surface area (Å²) < 4.78 is 6.01. The number of fused-ring (bicyclic) bond motifs is 1. The molecule has 2 aliphatic rings. The number of nitrogens with zero attached hydrogens (tertiary/aromatic N) is 2. The van der Waals surface area contributed by atoms with Crippen LogP contribution in [0.1, 0.15) is 36.3 Å². The molecule has 3 atom stereocenters. The van der Waals surface area contributed by atoms with Crippen LogP contribution in [-0.4, -0.2) is 70.5 Å². The number of nitrogens with one attached hydrogen (secondary N) is 2. The molecule has 2 aromatic rings. The van der Waals surface area contributed by atoms with Crippen molar-refractivity contribution in [3.63, 3.8) is 0 Å². The molecular weight excluding hydrogens is 384 g/mol. The van der Waals surface area contributed by atoms with Gasteiger partial charge in [-0.05, 0) is 19.3 Å². The van der Waals surface area contributed by atoms with E-state index >= 15 is 0 Å². The molecule has 0 saturated carbocycles. The van der Waals surface area contributed by atoms with Crippen molar-refractivity contribution in [2.45, 2.75) is 45.4 Å². The lowest BCUT2D eigenvalue weighted by Crippen LogP contribution is -2.48. The first kappa shape index (κ1) is 22.0. The van der Waals surface area contributed by atoms with E-state index in [0.717, 1.165) is 37.4 Å². The van der Waals surface area contributed by atoms with E-state index in [1.807, 2.05) is 37.3 Å². The summed E-state index contributed by atoms with van der Waals surface area (Å²) in [5.74, 6) is 0.466. The summed E-state index contributed by atoms with van der Waals surface area (Å²) in [6.07, 6.45) is 1.23. The Hall–Kier alpha value is -2.71. The minimum atomic E-state index is -0.250. The van der Waals surface area contributed by atoms with Gasteiger partial charge in [0.05, 0.1) is 18.3 Å². The number of amides is 1. The zero-order valence-corrected chi connectivity index (χ0v) is 17.7. The number of aryl methyl sites for hydroxylation is 1. The first-order valence-corrected chi connectivity index (χ1v) is 10.3. The summed E-state index contributed by atoms with van der Waals surface area (Å²) in [6.45, 7) is 8.65. The molecule has 1 aromatic heterocycles. The number of ether oxygens (including phenoxy) is 1. The average molecular weight is 415 g/mol. The van der Waals surface area contributed by atoms with Gasteiger partial charge in [0.25, 0.3) is 12.4 Å². The van der Waals surface area contributed by atoms with Gasteiger partial charge in [0.15, 0.2) is 0 Å². The molecule has 2 aliphatic heterocycles. The molecule has 30 heavy (non-hydrogen) atoms. The molecule has 0 radical (unpaired) electrons. The zero-order valence-electron chi connectivity index (χ0n) is 17.7. The third kappa shape index (κ3) is 4.88. The summed E-state index contributed by atoms with van der Waals surface area (Å²) in [6, 6.07) is 10.4. The van der Waals surface area contributed by atoms with Crippen LogP contribution >= 0.6 is 0 Å². The van der Waals surface area contributed by atoms with Crippen LogP contribution in [0.5, 0.6) is 0 Å². The van der Waals surface area contributed by atoms with E-state index < -0.39 is 0 Å². The number of benzene rings is 1. The van der Waals surface area contributed by atoms with E-state index in [9.17, 15) is 4.79 Å². The Labute approximate surface area is 176 Å². The van der Waals surface area contributed by atoms with Crippen molar-refractivity contribution < 1.29 is 19.4 Å². The van der Waals surface area contributed by atoms with E-state index in [4.69, 9.17) is 14.6 Å². The van der Waals surface area contributed by atoms with Crippen LogP contribution in [0, 0.1) is 12.8 Å². The number of carbonyl (C=O) groups is 2. The van der Waals surface area contributed by atoms with Gasteiger partial charge < -0.3 is 15.2 Å². The number of morpholine rings is 1. The van der Waals surface area contributed by atoms with Gasteiger partial charge in [-0.2, -0.15) is 5.10 Å². The van der Waals surface area contributed by atoms with Gasteiger partial charge in [-0.3, -0.25) is 19.6 Å². The fourth-order valence-corrected chi connectivity index (χ4v) is 4.18. The quantitative estimate of drug-likeness (QED) is 0.663. The molecule has 3 N–H and O–H groups in total. The van der Waals surface area contributed by atoms with Crippen molar-refractivity contribution in [1.29, 1.82) is 0 Å². The second kappa shape index (κ2) is 9.86. The van der Waals surface area contributed by atoms with Gasteiger partial charge in [0, 0.05) is 36.4 Å². The van der Waals surface area contributed by atoms with Crippen molar-refractivity contribution >= 4 is 12.4 Å². The Morgan fingerprint density at radius 3 is 2.70 bits per heavy atom. The normalized spacial score (nSPS) is 23.4. The lowest BCUT2D eigenvalue weighted by molar-refractivity contribution is -0.122. The van der Waals surface area contributed by atoms with Crippen LogP contribution in [0.3, 0.4) is 0 Å². The zero-order chi connectivity index (χ0) is 21.7. The number of hydrogen-bond donors (Lipinski definition) is 3. The predicted molar refractivity (Wildman–Crippen MR) is 113 cm³/mol. The largest absolute Gasteiger partial charge is 0.483 e. The molecule has 0 aliphatic carbocycles.